The summed E-state index contributed by atoms with van der Waals surface area (Å²) in [4.78, 5) is 26.8. The van der Waals surface area contributed by atoms with E-state index in [1.54, 1.807) is 22.8 Å². The molecule has 0 spiro atoms. The first-order valence-electron chi connectivity index (χ1n) is 6.55. The topological polar surface area (TPSA) is 52.7 Å². The smallest absolute Gasteiger partial charge is 0.321 e. The molecule has 0 unspecified atom stereocenters. The molecule has 1 aromatic rings. The van der Waals surface area contributed by atoms with E-state index in [9.17, 15) is 9.59 Å². The predicted molar refractivity (Wildman–Crippen MR) is 79.0 cm³/mol. The average Bonchev–Trinajstić information content (AvgIpc) is 2.43. The highest BCUT2D eigenvalue weighted by molar-refractivity contribution is 6.31. The van der Waals surface area contributed by atoms with Crippen molar-refractivity contribution >= 4 is 29.2 Å². The largest absolute Gasteiger partial charge is 0.339 e. The Balaban J connectivity index is 1.92. The zero-order chi connectivity index (χ0) is 14.7. The van der Waals surface area contributed by atoms with Crippen LogP contribution >= 0.6 is 11.6 Å². The molecule has 0 atom stereocenters. The lowest BCUT2D eigenvalue weighted by molar-refractivity contribution is -0.130. The van der Waals surface area contributed by atoms with Gasteiger partial charge in [0.25, 0.3) is 0 Å². The van der Waals surface area contributed by atoms with Crippen LogP contribution in [-0.4, -0.2) is 47.9 Å². The number of hydrogen-bond acceptors (Lipinski definition) is 2. The third kappa shape index (κ3) is 3.42. The molecular formula is C14H18ClN3O2. The maximum atomic E-state index is 12.1. The van der Waals surface area contributed by atoms with Gasteiger partial charge >= 0.3 is 6.03 Å². The lowest BCUT2D eigenvalue weighted by atomic mass is 10.2. The summed E-state index contributed by atoms with van der Waals surface area (Å²) >= 11 is 6.03. The highest BCUT2D eigenvalue weighted by Crippen LogP contribution is 2.20. The van der Waals surface area contributed by atoms with E-state index in [1.165, 1.54) is 0 Å². The van der Waals surface area contributed by atoms with Crippen molar-refractivity contribution in [3.63, 3.8) is 0 Å². The van der Waals surface area contributed by atoms with Gasteiger partial charge in [0.05, 0.1) is 0 Å². The number of nitrogens with zero attached hydrogens (tertiary/aromatic N) is 2. The first kappa shape index (κ1) is 14.7. The van der Waals surface area contributed by atoms with Crippen molar-refractivity contribution < 1.29 is 9.59 Å². The maximum absolute atomic E-state index is 12.1. The lowest BCUT2D eigenvalue weighted by Crippen LogP contribution is -2.51. The van der Waals surface area contributed by atoms with Gasteiger partial charge < -0.3 is 15.1 Å². The van der Waals surface area contributed by atoms with Crippen LogP contribution in [0.2, 0.25) is 5.02 Å². The summed E-state index contributed by atoms with van der Waals surface area (Å²) in [6, 6.07) is 5.27. The second-order valence-corrected chi connectivity index (χ2v) is 5.29. The monoisotopic (exact) mass is 295 g/mol. The van der Waals surface area contributed by atoms with E-state index in [1.807, 2.05) is 19.1 Å². The molecule has 1 aliphatic rings. The molecule has 1 fully saturated rings. The Morgan fingerprint density at radius 1 is 1.15 bits per heavy atom. The molecule has 2 rings (SSSR count). The fraction of sp³-hybridized carbons (Fsp3) is 0.429. The second kappa shape index (κ2) is 6.13. The molecule has 0 aliphatic carbocycles. The lowest BCUT2D eigenvalue weighted by Gasteiger charge is -2.34. The van der Waals surface area contributed by atoms with Gasteiger partial charge in [-0.25, -0.2) is 4.79 Å². The second-order valence-electron chi connectivity index (χ2n) is 4.89. The van der Waals surface area contributed by atoms with Crippen LogP contribution in [0.5, 0.6) is 0 Å². The number of carbonyl (C=O) groups is 2. The molecule has 1 heterocycles. The number of halogens is 1. The fourth-order valence-electron chi connectivity index (χ4n) is 2.10. The minimum atomic E-state index is -0.159. The van der Waals surface area contributed by atoms with E-state index in [2.05, 4.69) is 5.32 Å². The maximum Gasteiger partial charge on any atom is 0.321 e. The van der Waals surface area contributed by atoms with Crippen LogP contribution in [0.15, 0.2) is 18.2 Å². The summed E-state index contributed by atoms with van der Waals surface area (Å²) in [5.74, 6) is 0.0513. The zero-order valence-electron chi connectivity index (χ0n) is 11.6. The Morgan fingerprint density at radius 3 is 2.30 bits per heavy atom. The minimum absolute atomic E-state index is 0.0513. The summed E-state index contributed by atoms with van der Waals surface area (Å²) in [6.07, 6.45) is 0. The van der Waals surface area contributed by atoms with E-state index in [0.717, 1.165) is 5.56 Å². The van der Waals surface area contributed by atoms with E-state index in [0.29, 0.717) is 36.9 Å². The Morgan fingerprint density at radius 2 is 1.75 bits per heavy atom. The number of benzene rings is 1. The Bertz CT molecular complexity index is 525. The van der Waals surface area contributed by atoms with Crippen LogP contribution in [0.4, 0.5) is 10.5 Å². The van der Waals surface area contributed by atoms with Gasteiger partial charge in [-0.2, -0.15) is 0 Å². The van der Waals surface area contributed by atoms with Crippen molar-refractivity contribution in [3.8, 4) is 0 Å². The summed E-state index contributed by atoms with van der Waals surface area (Å²) in [5.41, 5.74) is 1.65. The van der Waals surface area contributed by atoms with Crippen LogP contribution in [0, 0.1) is 6.92 Å². The average molecular weight is 296 g/mol. The first-order valence-corrected chi connectivity index (χ1v) is 6.93. The number of hydrogen-bond donors (Lipinski definition) is 1. The number of anilines is 1. The van der Waals surface area contributed by atoms with Gasteiger partial charge in [-0.1, -0.05) is 17.7 Å². The highest BCUT2D eigenvalue weighted by Gasteiger charge is 2.22. The van der Waals surface area contributed by atoms with Crippen LogP contribution in [0.3, 0.4) is 0 Å². The van der Waals surface area contributed by atoms with Crippen LogP contribution in [-0.2, 0) is 4.79 Å². The standard InChI is InChI=1S/C14H18ClN3O2/c1-10-3-4-12(9-13(10)15)16-14(20)18-7-5-17(6-8-18)11(2)19/h3-4,9H,5-8H2,1-2H3,(H,16,20). The Kier molecular flexibility index (Phi) is 4.49. The van der Waals surface area contributed by atoms with Crippen LogP contribution in [0.25, 0.3) is 0 Å². The van der Waals surface area contributed by atoms with Crippen molar-refractivity contribution in [2.24, 2.45) is 0 Å². The van der Waals surface area contributed by atoms with Gasteiger partial charge in [-0.05, 0) is 24.6 Å². The van der Waals surface area contributed by atoms with E-state index in [-0.39, 0.29) is 11.9 Å². The number of amides is 3. The molecule has 1 N–H and O–H groups in total. The van der Waals surface area contributed by atoms with Crippen LogP contribution < -0.4 is 5.32 Å². The number of piperazine rings is 1. The molecule has 1 aliphatic heterocycles. The molecule has 20 heavy (non-hydrogen) atoms. The summed E-state index contributed by atoms with van der Waals surface area (Å²) in [7, 11) is 0. The van der Waals surface area contributed by atoms with E-state index in [4.69, 9.17) is 11.6 Å². The third-order valence-electron chi connectivity index (χ3n) is 3.44. The van der Waals surface area contributed by atoms with Gasteiger partial charge in [0.2, 0.25) is 5.91 Å². The molecule has 0 bridgehead atoms. The molecule has 0 aromatic heterocycles. The number of aryl methyl sites for hydroxylation is 1. The SMILES string of the molecule is CC(=O)N1CCN(C(=O)Nc2ccc(C)c(Cl)c2)CC1. The normalized spacial score (nSPS) is 15.2. The molecule has 108 valence electrons. The molecular weight excluding hydrogens is 278 g/mol. The molecule has 0 radical (unpaired) electrons. The molecule has 1 saturated heterocycles. The summed E-state index contributed by atoms with van der Waals surface area (Å²) in [6.45, 7) is 5.71. The number of carbonyl (C=O) groups excluding carboxylic acids is 2. The first-order chi connectivity index (χ1) is 9.47. The van der Waals surface area contributed by atoms with Crippen LogP contribution in [0.1, 0.15) is 12.5 Å². The van der Waals surface area contributed by atoms with Gasteiger partial charge in [-0.3, -0.25) is 4.79 Å². The predicted octanol–water partition coefficient (Wildman–Crippen LogP) is 2.34. The molecule has 6 heteroatoms. The third-order valence-corrected chi connectivity index (χ3v) is 3.84. The van der Waals surface area contributed by atoms with E-state index < -0.39 is 0 Å². The quantitative estimate of drug-likeness (QED) is 0.864. The van der Waals surface area contributed by atoms with Crippen molar-refractivity contribution in [2.45, 2.75) is 13.8 Å². The fourth-order valence-corrected chi connectivity index (χ4v) is 2.28. The molecule has 3 amide bonds. The van der Waals surface area contributed by atoms with Gasteiger partial charge in [-0.15, -0.1) is 0 Å². The van der Waals surface area contributed by atoms with Crippen molar-refractivity contribution in [1.29, 1.82) is 0 Å². The molecule has 0 saturated carbocycles. The van der Waals surface area contributed by atoms with Gasteiger partial charge in [0, 0.05) is 43.8 Å². The minimum Gasteiger partial charge on any atom is -0.339 e. The highest BCUT2D eigenvalue weighted by atomic mass is 35.5. The number of rotatable bonds is 1. The Labute approximate surface area is 123 Å². The van der Waals surface area contributed by atoms with Crippen molar-refractivity contribution in [2.75, 3.05) is 31.5 Å². The summed E-state index contributed by atoms with van der Waals surface area (Å²) < 4.78 is 0. The van der Waals surface area contributed by atoms with Crippen molar-refractivity contribution in [3.05, 3.63) is 28.8 Å². The number of nitrogens with one attached hydrogen (secondary N) is 1. The van der Waals surface area contributed by atoms with Gasteiger partial charge in [0.1, 0.15) is 0 Å². The summed E-state index contributed by atoms with van der Waals surface area (Å²) in [5, 5.41) is 3.45. The molecule has 1 aromatic carbocycles. The van der Waals surface area contributed by atoms with E-state index >= 15 is 0 Å². The number of urea groups is 1. The molecule has 5 nitrogen and oxygen atoms in total. The zero-order valence-corrected chi connectivity index (χ0v) is 12.4. The van der Waals surface area contributed by atoms with Crippen molar-refractivity contribution in [1.82, 2.24) is 9.80 Å². The van der Waals surface area contributed by atoms with Gasteiger partial charge in [0.15, 0.2) is 0 Å². The Hall–Kier alpha value is -1.75.